The fourth-order valence-electron chi connectivity index (χ4n) is 3.62. The lowest BCUT2D eigenvalue weighted by molar-refractivity contribution is -0.148. The maximum atomic E-state index is 12.7. The highest BCUT2D eigenvalue weighted by Crippen LogP contribution is 2.53. The van der Waals surface area contributed by atoms with Crippen molar-refractivity contribution in [2.24, 2.45) is 0 Å². The van der Waals surface area contributed by atoms with Crippen LogP contribution in [0.25, 0.3) is 11.1 Å². The van der Waals surface area contributed by atoms with E-state index in [1.807, 2.05) is 78.9 Å². The fraction of sp³-hybridized carbons (Fsp3) is 0.0870. The Morgan fingerprint density at radius 3 is 1.88 bits per heavy atom. The maximum Gasteiger partial charge on any atom is 0.338 e. The second-order valence-electron chi connectivity index (χ2n) is 6.34. The van der Waals surface area contributed by atoms with Gasteiger partial charge in [0.25, 0.3) is 0 Å². The van der Waals surface area contributed by atoms with Gasteiger partial charge in [-0.05, 0) is 18.1 Å². The summed E-state index contributed by atoms with van der Waals surface area (Å²) in [5.74, 6) is -0.553. The molecule has 0 fully saturated rings. The number of ether oxygens (including phenoxy) is 1. The number of carbonyl (C=O) groups is 1. The van der Waals surface area contributed by atoms with Crippen LogP contribution in [0.15, 0.2) is 90.7 Å². The number of aliphatic hydroxyl groups excluding tert-OH is 1. The monoisotopic (exact) mass is 342 g/mol. The second kappa shape index (κ2) is 6.19. The minimum absolute atomic E-state index is 0.155. The van der Waals surface area contributed by atoms with E-state index >= 15 is 0 Å². The van der Waals surface area contributed by atoms with Crippen LogP contribution in [-0.4, -0.2) is 11.1 Å². The molecule has 0 spiro atoms. The number of benzene rings is 3. The van der Waals surface area contributed by atoms with Gasteiger partial charge < -0.3 is 9.84 Å². The van der Waals surface area contributed by atoms with Crippen LogP contribution >= 0.6 is 0 Å². The van der Waals surface area contributed by atoms with E-state index in [0.29, 0.717) is 0 Å². The Morgan fingerprint density at radius 1 is 0.846 bits per heavy atom. The minimum atomic E-state index is -1.05. The second-order valence-corrected chi connectivity index (χ2v) is 6.34. The smallest absolute Gasteiger partial charge is 0.338 e. The number of fused-ring (bicyclic) bond motifs is 3. The summed E-state index contributed by atoms with van der Waals surface area (Å²) in [6, 6.07) is 25.7. The molecule has 3 heteroatoms. The molecular formula is C23H18O3. The third-order valence-corrected chi connectivity index (χ3v) is 4.84. The van der Waals surface area contributed by atoms with Crippen molar-refractivity contribution in [3.63, 3.8) is 0 Å². The zero-order valence-electron chi connectivity index (χ0n) is 14.3. The van der Waals surface area contributed by atoms with Gasteiger partial charge in [0.05, 0.1) is 11.8 Å². The molecule has 0 saturated heterocycles. The van der Waals surface area contributed by atoms with E-state index in [0.717, 1.165) is 34.1 Å². The average molecular weight is 342 g/mol. The number of rotatable bonds is 3. The molecular weight excluding hydrogens is 324 g/mol. The lowest BCUT2D eigenvalue weighted by Gasteiger charge is -2.32. The summed E-state index contributed by atoms with van der Waals surface area (Å²) < 4.78 is 6.12. The zero-order chi connectivity index (χ0) is 18.1. The van der Waals surface area contributed by atoms with Crippen molar-refractivity contribution in [2.45, 2.75) is 12.5 Å². The van der Waals surface area contributed by atoms with Crippen molar-refractivity contribution in [1.82, 2.24) is 0 Å². The highest BCUT2D eigenvalue weighted by molar-refractivity contribution is 5.90. The van der Waals surface area contributed by atoms with Crippen molar-refractivity contribution >= 4 is 5.97 Å². The Kier molecular flexibility index (Phi) is 3.85. The first-order valence-corrected chi connectivity index (χ1v) is 8.47. The fourth-order valence-corrected chi connectivity index (χ4v) is 3.62. The lowest BCUT2D eigenvalue weighted by Crippen LogP contribution is -2.33. The lowest BCUT2D eigenvalue weighted by atomic mass is 9.84. The summed E-state index contributed by atoms with van der Waals surface area (Å²) in [6.07, 6.45) is 0.786. The summed E-state index contributed by atoms with van der Waals surface area (Å²) in [7, 11) is 0. The van der Waals surface area contributed by atoms with Gasteiger partial charge in [0.1, 0.15) is 0 Å². The summed E-state index contributed by atoms with van der Waals surface area (Å²) in [5.41, 5.74) is 3.92. The topological polar surface area (TPSA) is 46.5 Å². The van der Waals surface area contributed by atoms with Gasteiger partial charge in [0.2, 0.25) is 0 Å². The van der Waals surface area contributed by atoms with Gasteiger partial charge >= 0.3 is 5.97 Å². The molecule has 1 N–H and O–H groups in total. The third kappa shape index (κ3) is 2.25. The molecule has 4 rings (SSSR count). The Hall–Kier alpha value is -3.33. The Morgan fingerprint density at radius 2 is 1.35 bits per heavy atom. The first-order valence-electron chi connectivity index (χ1n) is 8.47. The van der Waals surface area contributed by atoms with Crippen LogP contribution < -0.4 is 0 Å². The van der Waals surface area contributed by atoms with Gasteiger partial charge in [-0.2, -0.15) is 0 Å². The van der Waals surface area contributed by atoms with Crippen LogP contribution in [0.3, 0.4) is 0 Å². The van der Waals surface area contributed by atoms with Crippen molar-refractivity contribution in [1.29, 1.82) is 0 Å². The summed E-state index contributed by atoms with van der Waals surface area (Å²) >= 11 is 0. The van der Waals surface area contributed by atoms with E-state index in [1.165, 1.54) is 6.92 Å². The molecule has 3 nitrogen and oxygen atoms in total. The largest absolute Gasteiger partial charge is 0.515 e. The van der Waals surface area contributed by atoms with Gasteiger partial charge in [-0.15, -0.1) is 0 Å². The molecule has 0 amide bonds. The predicted octanol–water partition coefficient (Wildman–Crippen LogP) is 4.96. The summed E-state index contributed by atoms with van der Waals surface area (Å²) in [6.45, 7) is 1.54. The number of hydrogen-bond acceptors (Lipinski definition) is 3. The standard InChI is InChI=1S/C23H18O3/c1-16(15-24)22(25)26-23(17-9-3-2-4-10-17)20-13-7-5-11-18(20)19-12-6-8-14-21(19)23/h2-15,24H,1H3. The molecule has 0 bridgehead atoms. The first kappa shape index (κ1) is 16.2. The molecule has 3 aromatic rings. The third-order valence-electron chi connectivity index (χ3n) is 4.84. The number of esters is 1. The average Bonchev–Trinajstić information content (AvgIpc) is 2.99. The van der Waals surface area contributed by atoms with Crippen LogP contribution in [0.4, 0.5) is 0 Å². The number of aliphatic hydroxyl groups is 1. The molecule has 0 unspecified atom stereocenters. The maximum absolute atomic E-state index is 12.7. The Bertz CT molecular complexity index is 957. The van der Waals surface area contributed by atoms with Gasteiger partial charge in [-0.25, -0.2) is 4.79 Å². The molecule has 0 radical (unpaired) electrons. The van der Waals surface area contributed by atoms with Crippen LogP contribution in [0.1, 0.15) is 23.6 Å². The highest BCUT2D eigenvalue weighted by atomic mass is 16.6. The van der Waals surface area contributed by atoms with E-state index < -0.39 is 11.6 Å². The SMILES string of the molecule is CC(=CO)C(=O)OC1(c2ccccc2)c2ccccc2-c2ccccc21. The molecule has 3 aromatic carbocycles. The zero-order valence-corrected chi connectivity index (χ0v) is 14.3. The molecule has 0 heterocycles. The van der Waals surface area contributed by atoms with E-state index in [4.69, 9.17) is 4.74 Å². The Labute approximate surface area is 152 Å². The van der Waals surface area contributed by atoms with Gasteiger partial charge in [-0.1, -0.05) is 78.9 Å². The minimum Gasteiger partial charge on any atom is -0.515 e. The molecule has 0 saturated carbocycles. The predicted molar refractivity (Wildman–Crippen MR) is 101 cm³/mol. The molecule has 0 atom stereocenters. The van der Waals surface area contributed by atoms with Crippen LogP contribution in [0, 0.1) is 0 Å². The van der Waals surface area contributed by atoms with Crippen molar-refractivity contribution in [3.05, 3.63) is 107 Å². The summed E-state index contributed by atoms with van der Waals surface area (Å²) in [5, 5.41) is 9.26. The molecule has 26 heavy (non-hydrogen) atoms. The highest BCUT2D eigenvalue weighted by Gasteiger charge is 2.48. The van der Waals surface area contributed by atoms with E-state index in [2.05, 4.69) is 0 Å². The number of carbonyl (C=O) groups excluding carboxylic acids is 1. The van der Waals surface area contributed by atoms with Crippen LogP contribution in [0.2, 0.25) is 0 Å². The molecule has 1 aliphatic rings. The van der Waals surface area contributed by atoms with Crippen molar-refractivity contribution in [3.8, 4) is 11.1 Å². The van der Waals surface area contributed by atoms with Gasteiger partial charge in [0.15, 0.2) is 5.60 Å². The van der Waals surface area contributed by atoms with Crippen molar-refractivity contribution in [2.75, 3.05) is 0 Å². The number of hydrogen-bond donors (Lipinski definition) is 1. The molecule has 128 valence electrons. The van der Waals surface area contributed by atoms with Crippen LogP contribution in [-0.2, 0) is 15.1 Å². The van der Waals surface area contributed by atoms with E-state index in [-0.39, 0.29) is 5.57 Å². The molecule has 1 aliphatic carbocycles. The van der Waals surface area contributed by atoms with E-state index in [1.54, 1.807) is 0 Å². The van der Waals surface area contributed by atoms with E-state index in [9.17, 15) is 9.90 Å². The Balaban J connectivity index is 2.05. The van der Waals surface area contributed by atoms with Crippen LogP contribution in [0.5, 0.6) is 0 Å². The summed E-state index contributed by atoms with van der Waals surface area (Å²) in [4.78, 5) is 12.7. The first-order chi connectivity index (χ1) is 12.7. The molecule has 0 aliphatic heterocycles. The van der Waals surface area contributed by atoms with Crippen molar-refractivity contribution < 1.29 is 14.6 Å². The normalized spacial score (nSPS) is 14.4. The molecule has 0 aromatic heterocycles. The van der Waals surface area contributed by atoms with Gasteiger partial charge in [0, 0.05) is 16.7 Å². The quantitative estimate of drug-likeness (QED) is 0.415. The van der Waals surface area contributed by atoms with Gasteiger partial charge in [-0.3, -0.25) is 0 Å².